The number of piperazine rings is 1. The van der Waals surface area contributed by atoms with Crippen LogP contribution in [0.1, 0.15) is 5.56 Å². The molecule has 2 aromatic heterocycles. The van der Waals surface area contributed by atoms with E-state index in [9.17, 15) is 5.11 Å². The van der Waals surface area contributed by atoms with Gasteiger partial charge in [-0.2, -0.15) is 0 Å². The second kappa shape index (κ2) is 6.41. The molecule has 1 aromatic carbocycles. The standard InChI is InChI=1S/C18H19N5O/c24-17-2-1-14-3-4-19-11-15(14)16(17)13-22-7-9-23(10-8-22)18-12-20-5-6-21-18/h1-6,11-12,24H,7-10,13H2. The number of phenolic OH excluding ortho intramolecular Hbond substituents is 1. The van der Waals surface area contributed by atoms with Crippen LogP contribution >= 0.6 is 0 Å². The first-order valence-electron chi connectivity index (χ1n) is 8.09. The van der Waals surface area contributed by atoms with Crippen molar-refractivity contribution >= 4 is 16.6 Å². The van der Waals surface area contributed by atoms with Crippen LogP contribution in [0.2, 0.25) is 0 Å². The molecule has 1 aliphatic heterocycles. The van der Waals surface area contributed by atoms with Crippen molar-refractivity contribution in [1.29, 1.82) is 0 Å². The summed E-state index contributed by atoms with van der Waals surface area (Å²) in [4.78, 5) is 17.3. The van der Waals surface area contributed by atoms with Crippen molar-refractivity contribution < 1.29 is 5.11 Å². The summed E-state index contributed by atoms with van der Waals surface area (Å²) >= 11 is 0. The molecule has 0 bridgehead atoms. The van der Waals surface area contributed by atoms with E-state index >= 15 is 0 Å². The van der Waals surface area contributed by atoms with E-state index in [1.807, 2.05) is 18.3 Å². The van der Waals surface area contributed by atoms with Gasteiger partial charge < -0.3 is 10.0 Å². The Bertz CT molecular complexity index is 831. The second-order valence-corrected chi connectivity index (χ2v) is 5.99. The molecular weight excluding hydrogens is 302 g/mol. The van der Waals surface area contributed by atoms with Gasteiger partial charge in [0.05, 0.1) is 6.20 Å². The molecule has 1 saturated heterocycles. The minimum atomic E-state index is 0.340. The number of anilines is 1. The lowest BCUT2D eigenvalue weighted by atomic mass is 10.0. The third-order valence-corrected chi connectivity index (χ3v) is 4.54. The van der Waals surface area contributed by atoms with Crippen LogP contribution in [0.3, 0.4) is 0 Å². The topological polar surface area (TPSA) is 65.4 Å². The van der Waals surface area contributed by atoms with Gasteiger partial charge in [0.2, 0.25) is 0 Å². The van der Waals surface area contributed by atoms with Crippen LogP contribution in [0.5, 0.6) is 5.75 Å². The highest BCUT2D eigenvalue weighted by Gasteiger charge is 2.20. The molecule has 6 nitrogen and oxygen atoms in total. The van der Waals surface area contributed by atoms with E-state index in [-0.39, 0.29) is 0 Å². The largest absolute Gasteiger partial charge is 0.508 e. The van der Waals surface area contributed by atoms with Crippen LogP contribution in [0.4, 0.5) is 5.82 Å². The molecule has 1 fully saturated rings. The van der Waals surface area contributed by atoms with Crippen LogP contribution in [-0.2, 0) is 6.54 Å². The van der Waals surface area contributed by atoms with Gasteiger partial charge in [-0.15, -0.1) is 0 Å². The molecule has 24 heavy (non-hydrogen) atoms. The number of aromatic hydroxyl groups is 1. The number of aromatic nitrogens is 3. The molecule has 1 aliphatic rings. The van der Waals surface area contributed by atoms with E-state index in [0.717, 1.165) is 54.9 Å². The molecule has 3 heterocycles. The highest BCUT2D eigenvalue weighted by Crippen LogP contribution is 2.28. The van der Waals surface area contributed by atoms with E-state index in [2.05, 4.69) is 24.8 Å². The number of hydrogen-bond acceptors (Lipinski definition) is 6. The first kappa shape index (κ1) is 14.8. The lowest BCUT2D eigenvalue weighted by Gasteiger charge is -2.35. The highest BCUT2D eigenvalue weighted by molar-refractivity contribution is 5.86. The minimum absolute atomic E-state index is 0.340. The fourth-order valence-electron chi connectivity index (χ4n) is 3.19. The van der Waals surface area contributed by atoms with Crippen LogP contribution < -0.4 is 4.90 Å². The molecule has 6 heteroatoms. The number of fused-ring (bicyclic) bond motifs is 1. The summed E-state index contributed by atoms with van der Waals surface area (Å²) in [5.74, 6) is 1.27. The Labute approximate surface area is 140 Å². The Morgan fingerprint density at radius 3 is 2.54 bits per heavy atom. The Balaban J connectivity index is 1.49. The first-order chi connectivity index (χ1) is 11.8. The van der Waals surface area contributed by atoms with Crippen molar-refractivity contribution in [3.05, 3.63) is 54.7 Å². The Morgan fingerprint density at radius 2 is 1.75 bits per heavy atom. The summed E-state index contributed by atoms with van der Waals surface area (Å²) in [6.45, 7) is 4.38. The van der Waals surface area contributed by atoms with Gasteiger partial charge in [-0.3, -0.25) is 14.9 Å². The lowest BCUT2D eigenvalue weighted by molar-refractivity contribution is 0.247. The van der Waals surface area contributed by atoms with Gasteiger partial charge in [0.25, 0.3) is 0 Å². The quantitative estimate of drug-likeness (QED) is 0.796. The zero-order valence-electron chi connectivity index (χ0n) is 13.3. The number of rotatable bonds is 3. The normalized spacial score (nSPS) is 15.8. The summed E-state index contributed by atoms with van der Waals surface area (Å²) in [6, 6.07) is 5.68. The maximum atomic E-state index is 10.3. The van der Waals surface area contributed by atoms with E-state index in [0.29, 0.717) is 5.75 Å². The number of hydrogen-bond donors (Lipinski definition) is 1. The Hall–Kier alpha value is -2.73. The summed E-state index contributed by atoms with van der Waals surface area (Å²) in [5.41, 5.74) is 0.952. The molecule has 1 N–H and O–H groups in total. The number of nitrogens with zero attached hydrogens (tertiary/aromatic N) is 5. The number of benzene rings is 1. The smallest absolute Gasteiger partial charge is 0.147 e. The van der Waals surface area contributed by atoms with Crippen molar-refractivity contribution in [3.63, 3.8) is 0 Å². The van der Waals surface area contributed by atoms with Crippen molar-refractivity contribution in [2.45, 2.75) is 6.54 Å². The van der Waals surface area contributed by atoms with Crippen molar-refractivity contribution in [3.8, 4) is 5.75 Å². The average molecular weight is 321 g/mol. The third-order valence-electron chi connectivity index (χ3n) is 4.54. The van der Waals surface area contributed by atoms with Crippen LogP contribution in [0.15, 0.2) is 49.2 Å². The fraction of sp³-hybridized carbons (Fsp3) is 0.278. The van der Waals surface area contributed by atoms with Crippen molar-refractivity contribution in [2.75, 3.05) is 31.1 Å². The van der Waals surface area contributed by atoms with E-state index in [1.54, 1.807) is 30.9 Å². The van der Waals surface area contributed by atoms with Gasteiger partial charge >= 0.3 is 0 Å². The molecule has 0 saturated carbocycles. The van der Waals surface area contributed by atoms with Gasteiger partial charge in [-0.05, 0) is 17.5 Å². The molecule has 0 radical (unpaired) electrons. The molecule has 122 valence electrons. The summed E-state index contributed by atoms with van der Waals surface area (Å²) in [7, 11) is 0. The van der Waals surface area contributed by atoms with Crippen molar-refractivity contribution in [2.24, 2.45) is 0 Å². The average Bonchev–Trinajstić information content (AvgIpc) is 2.65. The Kier molecular flexibility index (Phi) is 3.96. The van der Waals surface area contributed by atoms with E-state index in [4.69, 9.17) is 0 Å². The molecule has 0 amide bonds. The first-order valence-corrected chi connectivity index (χ1v) is 8.09. The molecule has 0 spiro atoms. The Morgan fingerprint density at radius 1 is 0.917 bits per heavy atom. The molecule has 0 aliphatic carbocycles. The molecule has 4 rings (SSSR count). The molecular formula is C18H19N5O. The molecule has 0 atom stereocenters. The van der Waals surface area contributed by atoms with Crippen LogP contribution in [0, 0.1) is 0 Å². The predicted octanol–water partition coefficient (Wildman–Crippen LogP) is 2.05. The van der Waals surface area contributed by atoms with Crippen molar-refractivity contribution in [1.82, 2.24) is 19.9 Å². The highest BCUT2D eigenvalue weighted by atomic mass is 16.3. The van der Waals surface area contributed by atoms with Gasteiger partial charge in [0.1, 0.15) is 11.6 Å². The zero-order valence-corrected chi connectivity index (χ0v) is 13.3. The second-order valence-electron chi connectivity index (χ2n) is 5.99. The van der Waals surface area contributed by atoms with Gasteiger partial charge in [0.15, 0.2) is 0 Å². The van der Waals surface area contributed by atoms with Gasteiger partial charge in [-0.1, -0.05) is 6.07 Å². The third kappa shape index (κ3) is 2.88. The minimum Gasteiger partial charge on any atom is -0.508 e. The van der Waals surface area contributed by atoms with Gasteiger partial charge in [0, 0.05) is 68.5 Å². The summed E-state index contributed by atoms with van der Waals surface area (Å²) < 4.78 is 0. The van der Waals surface area contributed by atoms with E-state index < -0.39 is 0 Å². The molecule has 0 unspecified atom stereocenters. The summed E-state index contributed by atoms with van der Waals surface area (Å²) in [5, 5.41) is 12.4. The zero-order chi connectivity index (χ0) is 16.4. The lowest BCUT2D eigenvalue weighted by Crippen LogP contribution is -2.46. The monoisotopic (exact) mass is 321 g/mol. The van der Waals surface area contributed by atoms with Crippen LogP contribution in [-0.4, -0.2) is 51.1 Å². The maximum absolute atomic E-state index is 10.3. The number of pyridine rings is 1. The SMILES string of the molecule is Oc1ccc2ccncc2c1CN1CCN(c2cnccn2)CC1. The number of phenols is 1. The van der Waals surface area contributed by atoms with E-state index in [1.165, 1.54) is 0 Å². The van der Waals surface area contributed by atoms with Crippen LogP contribution in [0.25, 0.3) is 10.8 Å². The van der Waals surface area contributed by atoms with Gasteiger partial charge in [-0.25, -0.2) is 4.98 Å². The maximum Gasteiger partial charge on any atom is 0.147 e. The fourth-order valence-corrected chi connectivity index (χ4v) is 3.19. The predicted molar refractivity (Wildman–Crippen MR) is 92.9 cm³/mol. The summed E-state index contributed by atoms with van der Waals surface area (Å²) in [6.07, 6.45) is 8.83. The molecule has 3 aromatic rings.